The molecule has 0 radical (unpaired) electrons. The van der Waals surface area contributed by atoms with Gasteiger partial charge < -0.3 is 14.2 Å². The maximum absolute atomic E-state index is 13.0. The molecule has 0 aliphatic carbocycles. The molecule has 1 aliphatic heterocycles. The van der Waals surface area contributed by atoms with Crippen LogP contribution in [0.5, 0.6) is 0 Å². The van der Waals surface area contributed by atoms with E-state index in [2.05, 4.69) is 20.1 Å². The molecular formula is C21H22FN5O3. The van der Waals surface area contributed by atoms with E-state index in [9.17, 15) is 9.18 Å². The van der Waals surface area contributed by atoms with E-state index in [1.165, 1.54) is 18.5 Å². The van der Waals surface area contributed by atoms with Gasteiger partial charge in [0.05, 0.1) is 24.4 Å². The van der Waals surface area contributed by atoms with Crippen LogP contribution >= 0.6 is 0 Å². The predicted octanol–water partition coefficient (Wildman–Crippen LogP) is 2.76. The number of rotatable bonds is 6. The van der Waals surface area contributed by atoms with Crippen molar-refractivity contribution in [3.05, 3.63) is 59.8 Å². The summed E-state index contributed by atoms with van der Waals surface area (Å²) in [6, 6.07) is 6.22. The monoisotopic (exact) mass is 411 g/mol. The van der Waals surface area contributed by atoms with Crippen molar-refractivity contribution in [3.8, 4) is 11.4 Å². The molecule has 1 saturated heterocycles. The van der Waals surface area contributed by atoms with Gasteiger partial charge in [-0.25, -0.2) is 14.4 Å². The summed E-state index contributed by atoms with van der Waals surface area (Å²) in [4.78, 5) is 27.3. The number of halogens is 1. The number of hydrogen-bond donors (Lipinski definition) is 0. The summed E-state index contributed by atoms with van der Waals surface area (Å²) in [7, 11) is 0. The standard InChI is InChI=1S/C21H22FN5O3/c1-2-18-25-21(26-30-18)16-11-23-13-24-20(16)17-12-27(9-10-29-17)19(28)8-5-14-3-6-15(22)7-4-14/h3-4,6-7,11,13,17H,2,5,8-10,12H2,1H3. The Labute approximate surface area is 173 Å². The van der Waals surface area contributed by atoms with E-state index in [-0.39, 0.29) is 11.7 Å². The van der Waals surface area contributed by atoms with Gasteiger partial charge in [-0.1, -0.05) is 24.2 Å². The van der Waals surface area contributed by atoms with Gasteiger partial charge in [-0.2, -0.15) is 4.98 Å². The molecule has 0 N–H and O–H groups in total. The van der Waals surface area contributed by atoms with Gasteiger partial charge in [0, 0.05) is 25.6 Å². The second-order valence-corrected chi connectivity index (χ2v) is 7.01. The zero-order valence-corrected chi connectivity index (χ0v) is 16.6. The molecule has 0 saturated carbocycles. The quantitative estimate of drug-likeness (QED) is 0.616. The van der Waals surface area contributed by atoms with Crippen molar-refractivity contribution in [2.24, 2.45) is 0 Å². The van der Waals surface area contributed by atoms with Crippen LogP contribution in [0, 0.1) is 5.82 Å². The first-order chi connectivity index (χ1) is 14.6. The first-order valence-corrected chi connectivity index (χ1v) is 9.90. The van der Waals surface area contributed by atoms with Gasteiger partial charge in [0.2, 0.25) is 17.6 Å². The molecule has 3 heterocycles. The SMILES string of the molecule is CCc1nc(-c2cncnc2C2CN(C(=O)CCc3ccc(F)cc3)CCO2)no1. The van der Waals surface area contributed by atoms with Crippen LogP contribution in [0.3, 0.4) is 0 Å². The minimum absolute atomic E-state index is 0.0241. The van der Waals surface area contributed by atoms with Gasteiger partial charge in [-0.3, -0.25) is 4.79 Å². The lowest BCUT2D eigenvalue weighted by Gasteiger charge is -2.33. The van der Waals surface area contributed by atoms with E-state index in [0.717, 1.165) is 5.56 Å². The molecule has 1 amide bonds. The Balaban J connectivity index is 1.45. The van der Waals surface area contributed by atoms with Gasteiger partial charge >= 0.3 is 0 Å². The average Bonchev–Trinajstić information content (AvgIpc) is 3.28. The number of carbonyl (C=O) groups is 1. The molecule has 9 heteroatoms. The molecule has 3 aromatic rings. The summed E-state index contributed by atoms with van der Waals surface area (Å²) in [5, 5.41) is 4.01. The van der Waals surface area contributed by atoms with Crippen LogP contribution in [0.2, 0.25) is 0 Å². The summed E-state index contributed by atoms with van der Waals surface area (Å²) in [6.45, 7) is 3.23. The lowest BCUT2D eigenvalue weighted by atomic mass is 10.1. The molecule has 8 nitrogen and oxygen atoms in total. The zero-order chi connectivity index (χ0) is 20.9. The molecule has 1 aromatic carbocycles. The highest BCUT2D eigenvalue weighted by atomic mass is 19.1. The largest absolute Gasteiger partial charge is 0.368 e. The Bertz CT molecular complexity index is 1010. The summed E-state index contributed by atoms with van der Waals surface area (Å²) >= 11 is 0. The third-order valence-electron chi connectivity index (χ3n) is 5.02. The number of benzene rings is 1. The molecule has 30 heavy (non-hydrogen) atoms. The summed E-state index contributed by atoms with van der Waals surface area (Å²) in [5.41, 5.74) is 2.19. The zero-order valence-electron chi connectivity index (χ0n) is 16.6. The Morgan fingerprint density at radius 1 is 1.30 bits per heavy atom. The Morgan fingerprint density at radius 2 is 2.13 bits per heavy atom. The minimum atomic E-state index is -0.407. The molecule has 156 valence electrons. The molecule has 0 spiro atoms. The second kappa shape index (κ2) is 9.08. The smallest absolute Gasteiger partial charge is 0.226 e. The van der Waals surface area contributed by atoms with E-state index in [4.69, 9.17) is 9.26 Å². The fourth-order valence-corrected chi connectivity index (χ4v) is 3.38. The first kappa shape index (κ1) is 20.1. The van der Waals surface area contributed by atoms with E-state index >= 15 is 0 Å². The lowest BCUT2D eigenvalue weighted by Crippen LogP contribution is -2.42. The van der Waals surface area contributed by atoms with Gasteiger partial charge in [-0.05, 0) is 24.1 Å². The first-order valence-electron chi connectivity index (χ1n) is 9.90. The number of aromatic nitrogens is 4. The predicted molar refractivity (Wildman–Crippen MR) is 105 cm³/mol. The summed E-state index contributed by atoms with van der Waals surface area (Å²) in [6.07, 6.45) is 4.20. The van der Waals surface area contributed by atoms with E-state index in [1.54, 1.807) is 23.2 Å². The van der Waals surface area contributed by atoms with Gasteiger partial charge in [-0.15, -0.1) is 0 Å². The van der Waals surface area contributed by atoms with Crippen LogP contribution in [0.4, 0.5) is 4.39 Å². The number of hydrogen-bond acceptors (Lipinski definition) is 7. The molecule has 2 aromatic heterocycles. The number of amides is 1. The minimum Gasteiger partial charge on any atom is -0.368 e. The van der Waals surface area contributed by atoms with Gasteiger partial charge in [0.1, 0.15) is 18.2 Å². The highest BCUT2D eigenvalue weighted by Crippen LogP contribution is 2.28. The third-order valence-corrected chi connectivity index (χ3v) is 5.02. The molecular weight excluding hydrogens is 389 g/mol. The number of nitrogens with zero attached hydrogens (tertiary/aromatic N) is 5. The number of ether oxygens (including phenoxy) is 1. The highest BCUT2D eigenvalue weighted by Gasteiger charge is 2.29. The van der Waals surface area contributed by atoms with Crippen LogP contribution in [-0.2, 0) is 22.4 Å². The van der Waals surface area contributed by atoms with E-state index in [0.29, 0.717) is 61.9 Å². The Kier molecular flexibility index (Phi) is 6.08. The third kappa shape index (κ3) is 4.51. The van der Waals surface area contributed by atoms with Crippen molar-refractivity contribution in [3.63, 3.8) is 0 Å². The second-order valence-electron chi connectivity index (χ2n) is 7.01. The molecule has 4 rings (SSSR count). The Morgan fingerprint density at radius 3 is 2.90 bits per heavy atom. The van der Waals surface area contributed by atoms with Crippen molar-refractivity contribution in [1.82, 2.24) is 25.0 Å². The van der Waals surface area contributed by atoms with Crippen molar-refractivity contribution in [2.45, 2.75) is 32.3 Å². The molecule has 0 bridgehead atoms. The van der Waals surface area contributed by atoms with Crippen LogP contribution in [0.1, 0.15) is 36.6 Å². The van der Waals surface area contributed by atoms with Crippen molar-refractivity contribution in [2.75, 3.05) is 19.7 Å². The topological polar surface area (TPSA) is 94.2 Å². The molecule has 1 fully saturated rings. The summed E-state index contributed by atoms with van der Waals surface area (Å²) in [5.74, 6) is 0.679. The maximum atomic E-state index is 13.0. The fraction of sp³-hybridized carbons (Fsp3) is 0.381. The highest BCUT2D eigenvalue weighted by molar-refractivity contribution is 5.76. The van der Waals surface area contributed by atoms with Crippen LogP contribution in [-0.4, -0.2) is 50.6 Å². The fourth-order valence-electron chi connectivity index (χ4n) is 3.38. The number of aryl methyl sites for hydroxylation is 2. The van der Waals surface area contributed by atoms with Gasteiger partial charge in [0.25, 0.3) is 0 Å². The van der Waals surface area contributed by atoms with Crippen LogP contribution < -0.4 is 0 Å². The lowest BCUT2D eigenvalue weighted by molar-refractivity contribution is -0.139. The molecule has 1 aliphatic rings. The summed E-state index contributed by atoms with van der Waals surface area (Å²) < 4.78 is 24.2. The average molecular weight is 411 g/mol. The maximum Gasteiger partial charge on any atom is 0.226 e. The van der Waals surface area contributed by atoms with Crippen molar-refractivity contribution < 1.29 is 18.4 Å². The van der Waals surface area contributed by atoms with Crippen molar-refractivity contribution in [1.29, 1.82) is 0 Å². The molecule has 1 unspecified atom stereocenters. The van der Waals surface area contributed by atoms with Crippen LogP contribution in [0.25, 0.3) is 11.4 Å². The van der Waals surface area contributed by atoms with Gasteiger partial charge in [0.15, 0.2) is 0 Å². The van der Waals surface area contributed by atoms with Crippen molar-refractivity contribution >= 4 is 5.91 Å². The number of morpholine rings is 1. The number of carbonyl (C=O) groups excluding carboxylic acids is 1. The molecule has 1 atom stereocenters. The van der Waals surface area contributed by atoms with E-state index < -0.39 is 6.10 Å². The normalized spacial score (nSPS) is 16.6. The van der Waals surface area contributed by atoms with Crippen LogP contribution in [0.15, 0.2) is 41.3 Å². The Hall–Kier alpha value is -3.20. The van der Waals surface area contributed by atoms with E-state index in [1.807, 2.05) is 6.92 Å².